The molecule has 0 aliphatic carbocycles. The molecule has 0 radical (unpaired) electrons. The van der Waals surface area contributed by atoms with E-state index in [-0.39, 0.29) is 0 Å². The van der Waals surface area contributed by atoms with Crippen molar-refractivity contribution in [3.63, 3.8) is 0 Å². The number of hydrogen-bond acceptors (Lipinski definition) is 5. The lowest BCUT2D eigenvalue weighted by Gasteiger charge is -2.00. The van der Waals surface area contributed by atoms with Crippen molar-refractivity contribution in [1.29, 1.82) is 0 Å². The molecule has 5 heteroatoms. The molecule has 0 atom stereocenters. The summed E-state index contributed by atoms with van der Waals surface area (Å²) >= 11 is 3.36. The third kappa shape index (κ3) is 2.58. The van der Waals surface area contributed by atoms with Crippen LogP contribution in [0.1, 0.15) is 4.88 Å². The highest BCUT2D eigenvalue weighted by atomic mass is 32.1. The Labute approximate surface area is 120 Å². The SMILES string of the molecule is CNCc1sc(-c2cncs2)nc1-c1ccccc1. The van der Waals surface area contributed by atoms with E-state index in [2.05, 4.69) is 22.4 Å². The number of nitrogens with one attached hydrogen (secondary N) is 1. The minimum Gasteiger partial charge on any atom is -0.315 e. The van der Waals surface area contributed by atoms with Crippen LogP contribution in [0, 0.1) is 0 Å². The van der Waals surface area contributed by atoms with Crippen LogP contribution >= 0.6 is 22.7 Å². The van der Waals surface area contributed by atoms with E-state index >= 15 is 0 Å². The van der Waals surface area contributed by atoms with Gasteiger partial charge in [-0.3, -0.25) is 4.98 Å². The van der Waals surface area contributed by atoms with Gasteiger partial charge in [-0.2, -0.15) is 0 Å². The first-order valence-corrected chi connectivity index (χ1v) is 7.66. The Balaban J connectivity index is 2.08. The third-order valence-electron chi connectivity index (χ3n) is 2.73. The topological polar surface area (TPSA) is 37.8 Å². The number of thiazole rings is 2. The smallest absolute Gasteiger partial charge is 0.136 e. The fourth-order valence-electron chi connectivity index (χ4n) is 1.88. The number of nitrogens with zero attached hydrogens (tertiary/aromatic N) is 2. The van der Waals surface area contributed by atoms with Crippen LogP contribution in [-0.4, -0.2) is 17.0 Å². The van der Waals surface area contributed by atoms with Gasteiger partial charge in [0, 0.05) is 23.2 Å². The van der Waals surface area contributed by atoms with E-state index in [1.54, 1.807) is 22.7 Å². The average molecular weight is 287 g/mol. The average Bonchev–Trinajstić information content (AvgIpc) is 3.08. The van der Waals surface area contributed by atoms with Crippen molar-refractivity contribution < 1.29 is 0 Å². The lowest BCUT2D eigenvalue weighted by atomic mass is 10.1. The van der Waals surface area contributed by atoms with E-state index in [1.165, 1.54) is 10.4 Å². The van der Waals surface area contributed by atoms with Crippen LogP contribution in [0.2, 0.25) is 0 Å². The molecule has 0 unspecified atom stereocenters. The molecule has 2 heterocycles. The fourth-order valence-corrected chi connectivity index (χ4v) is 3.65. The van der Waals surface area contributed by atoms with Gasteiger partial charge in [0.05, 0.1) is 16.1 Å². The molecule has 96 valence electrons. The summed E-state index contributed by atoms with van der Waals surface area (Å²) in [5.41, 5.74) is 4.08. The van der Waals surface area contributed by atoms with Gasteiger partial charge in [-0.1, -0.05) is 30.3 Å². The normalized spacial score (nSPS) is 10.8. The van der Waals surface area contributed by atoms with Crippen molar-refractivity contribution in [3.8, 4) is 21.1 Å². The van der Waals surface area contributed by atoms with Gasteiger partial charge in [0.1, 0.15) is 5.01 Å². The van der Waals surface area contributed by atoms with Gasteiger partial charge in [0.25, 0.3) is 0 Å². The van der Waals surface area contributed by atoms with E-state index in [0.717, 1.165) is 22.1 Å². The minimum atomic E-state index is 0.834. The molecule has 0 saturated carbocycles. The molecular formula is C14H13N3S2. The summed E-state index contributed by atoms with van der Waals surface area (Å²) in [6.07, 6.45) is 1.88. The Morgan fingerprint density at radius 1 is 1.21 bits per heavy atom. The molecule has 2 aromatic heterocycles. The van der Waals surface area contributed by atoms with Crippen molar-refractivity contribution in [1.82, 2.24) is 15.3 Å². The van der Waals surface area contributed by atoms with Crippen molar-refractivity contribution in [3.05, 3.63) is 46.9 Å². The second kappa shape index (κ2) is 5.61. The van der Waals surface area contributed by atoms with Crippen LogP contribution in [0.25, 0.3) is 21.1 Å². The largest absolute Gasteiger partial charge is 0.315 e. The highest BCUT2D eigenvalue weighted by Crippen LogP contribution is 2.35. The quantitative estimate of drug-likeness (QED) is 0.796. The van der Waals surface area contributed by atoms with Gasteiger partial charge in [-0.05, 0) is 7.05 Å². The molecule has 1 aromatic carbocycles. The first-order valence-electron chi connectivity index (χ1n) is 5.97. The molecule has 19 heavy (non-hydrogen) atoms. The van der Waals surface area contributed by atoms with Crippen LogP contribution in [-0.2, 0) is 6.54 Å². The molecule has 0 bridgehead atoms. The molecule has 0 fully saturated rings. The van der Waals surface area contributed by atoms with Crippen molar-refractivity contribution in [2.24, 2.45) is 0 Å². The molecule has 0 aliphatic rings. The van der Waals surface area contributed by atoms with Gasteiger partial charge in [-0.15, -0.1) is 22.7 Å². The minimum absolute atomic E-state index is 0.834. The number of benzene rings is 1. The molecule has 0 saturated heterocycles. The number of aromatic nitrogens is 2. The van der Waals surface area contributed by atoms with E-state index in [9.17, 15) is 0 Å². The predicted molar refractivity (Wildman–Crippen MR) is 81.4 cm³/mol. The van der Waals surface area contributed by atoms with E-state index in [4.69, 9.17) is 4.98 Å². The van der Waals surface area contributed by atoms with Crippen molar-refractivity contribution >= 4 is 22.7 Å². The number of rotatable bonds is 4. The highest BCUT2D eigenvalue weighted by molar-refractivity contribution is 7.21. The molecule has 1 N–H and O–H groups in total. The van der Waals surface area contributed by atoms with Crippen LogP contribution in [0.5, 0.6) is 0 Å². The zero-order valence-electron chi connectivity index (χ0n) is 10.5. The fraction of sp³-hybridized carbons (Fsp3) is 0.143. The second-order valence-electron chi connectivity index (χ2n) is 4.05. The van der Waals surface area contributed by atoms with Crippen molar-refractivity contribution in [2.75, 3.05) is 7.05 Å². The highest BCUT2D eigenvalue weighted by Gasteiger charge is 2.14. The molecule has 3 rings (SSSR count). The van der Waals surface area contributed by atoms with Crippen LogP contribution < -0.4 is 5.32 Å². The van der Waals surface area contributed by atoms with Crippen LogP contribution in [0.3, 0.4) is 0 Å². The van der Waals surface area contributed by atoms with Gasteiger partial charge < -0.3 is 5.32 Å². The lowest BCUT2D eigenvalue weighted by molar-refractivity contribution is 0.831. The molecular weight excluding hydrogens is 274 g/mol. The van der Waals surface area contributed by atoms with Crippen LogP contribution in [0.15, 0.2) is 42.0 Å². The molecule has 0 spiro atoms. The van der Waals surface area contributed by atoms with Crippen molar-refractivity contribution in [2.45, 2.75) is 6.54 Å². The summed E-state index contributed by atoms with van der Waals surface area (Å²) in [4.78, 5) is 11.3. The van der Waals surface area contributed by atoms with Gasteiger partial charge >= 0.3 is 0 Å². The predicted octanol–water partition coefficient (Wildman–Crippen LogP) is 3.65. The first-order chi connectivity index (χ1) is 9.38. The van der Waals surface area contributed by atoms with Crippen LogP contribution in [0.4, 0.5) is 0 Å². The standard InChI is InChI=1S/C14H13N3S2/c1-15-7-11-13(10-5-3-2-4-6-10)17-14(19-11)12-8-16-9-18-12/h2-6,8-9,15H,7H2,1H3. The maximum Gasteiger partial charge on any atom is 0.136 e. The summed E-state index contributed by atoms with van der Waals surface area (Å²) in [5, 5.41) is 4.26. The van der Waals surface area contributed by atoms with E-state index < -0.39 is 0 Å². The van der Waals surface area contributed by atoms with Gasteiger partial charge in [0.15, 0.2) is 0 Å². The zero-order valence-corrected chi connectivity index (χ0v) is 12.1. The summed E-state index contributed by atoms with van der Waals surface area (Å²) in [7, 11) is 1.96. The lowest BCUT2D eigenvalue weighted by Crippen LogP contribution is -2.04. The first kappa shape index (κ1) is 12.5. The van der Waals surface area contributed by atoms with E-state index in [0.29, 0.717) is 0 Å². The Morgan fingerprint density at radius 3 is 2.74 bits per heavy atom. The second-order valence-corrected chi connectivity index (χ2v) is 6.02. The van der Waals surface area contributed by atoms with Gasteiger partial charge in [0.2, 0.25) is 0 Å². The number of hydrogen-bond donors (Lipinski definition) is 1. The monoisotopic (exact) mass is 287 g/mol. The molecule has 3 aromatic rings. The molecule has 0 aliphatic heterocycles. The Morgan fingerprint density at radius 2 is 2.05 bits per heavy atom. The maximum absolute atomic E-state index is 4.79. The summed E-state index contributed by atoms with van der Waals surface area (Å²) in [6, 6.07) is 10.3. The molecule has 0 amide bonds. The van der Waals surface area contributed by atoms with E-state index in [1.807, 2.05) is 37.0 Å². The summed E-state index contributed by atoms with van der Waals surface area (Å²) in [6.45, 7) is 0.834. The molecule has 3 nitrogen and oxygen atoms in total. The third-order valence-corrected chi connectivity index (χ3v) is 4.72. The zero-order chi connectivity index (χ0) is 13.1. The Kier molecular flexibility index (Phi) is 3.68. The van der Waals surface area contributed by atoms with Gasteiger partial charge in [-0.25, -0.2) is 4.98 Å². The summed E-state index contributed by atoms with van der Waals surface area (Å²) < 4.78 is 0. The maximum atomic E-state index is 4.79. The summed E-state index contributed by atoms with van der Waals surface area (Å²) in [5.74, 6) is 0. The Bertz CT molecular complexity index is 645. The Hall–Kier alpha value is -1.56.